The fraction of sp³-hybridized carbons (Fsp3) is 0.319. The standard InChI is InChI=1S/C47H50N4O.Pt/c1-10-14-41-47(46-32(8)22-31(7)23-33(46)9)43(15-11-2)51(49-41)36-24-35(30(5)6)25-38(27-36)52-37-18-19-40-39-16-12-13-17-42(39)50(44(40)28-37)45-26-34(29(3)4)20-21-48-45;/h12-13,16-26,29-30H,10-11,14-15H2,1-9H3;/q-2;+2. The van der Waals surface area contributed by atoms with Crippen LogP contribution < -0.4 is 4.74 Å². The normalized spacial score (nSPS) is 11.6. The zero-order chi connectivity index (χ0) is 36.7. The van der Waals surface area contributed by atoms with Crippen LogP contribution in [0.25, 0.3) is 44.4 Å². The SMILES string of the molecule is CCCc1nn(-c2[c-]c(Oc3[c-]c4c(cc3)c3ccccc3n4-c3cc(C(C)C)ccn3)cc(C(C)C)c2)c(CCC)c1-c1c(C)cc(C)cc1C.[Pt+2]. The van der Waals surface area contributed by atoms with E-state index in [1.807, 2.05) is 12.3 Å². The third-order valence-corrected chi connectivity index (χ3v) is 10.1. The predicted molar refractivity (Wildman–Crippen MR) is 216 cm³/mol. The zero-order valence-electron chi connectivity index (χ0n) is 32.5. The van der Waals surface area contributed by atoms with E-state index < -0.39 is 0 Å². The molecule has 7 aromatic rings. The molecule has 0 aliphatic carbocycles. The number of para-hydroxylation sites is 1. The van der Waals surface area contributed by atoms with Crippen molar-refractivity contribution in [3.8, 4) is 34.1 Å². The number of aryl methyl sites for hydroxylation is 4. The molecule has 0 atom stereocenters. The van der Waals surface area contributed by atoms with Crippen molar-refractivity contribution >= 4 is 21.8 Å². The van der Waals surface area contributed by atoms with Crippen LogP contribution in [0.3, 0.4) is 0 Å². The minimum Gasteiger partial charge on any atom is -0.509 e. The van der Waals surface area contributed by atoms with Crippen LogP contribution in [0.5, 0.6) is 11.5 Å². The van der Waals surface area contributed by atoms with Crippen molar-refractivity contribution in [3.05, 3.63) is 130 Å². The number of rotatable bonds is 11. The van der Waals surface area contributed by atoms with Crippen molar-refractivity contribution in [3.63, 3.8) is 0 Å². The summed E-state index contributed by atoms with van der Waals surface area (Å²) in [4.78, 5) is 4.82. The van der Waals surface area contributed by atoms with Crippen LogP contribution in [0.4, 0.5) is 0 Å². The largest absolute Gasteiger partial charge is 2.00 e. The van der Waals surface area contributed by atoms with Crippen LogP contribution in [0.15, 0.2) is 79.0 Å². The minimum absolute atomic E-state index is 0. The van der Waals surface area contributed by atoms with Crippen molar-refractivity contribution in [2.75, 3.05) is 0 Å². The molecule has 0 radical (unpaired) electrons. The van der Waals surface area contributed by atoms with E-state index in [4.69, 9.17) is 14.8 Å². The van der Waals surface area contributed by atoms with E-state index in [1.165, 1.54) is 44.6 Å². The molecule has 0 N–H and O–H groups in total. The van der Waals surface area contributed by atoms with E-state index >= 15 is 0 Å². The van der Waals surface area contributed by atoms with Crippen molar-refractivity contribution < 1.29 is 25.8 Å². The second kappa shape index (κ2) is 15.9. The van der Waals surface area contributed by atoms with E-state index in [9.17, 15) is 0 Å². The third-order valence-electron chi connectivity index (χ3n) is 10.1. The molecule has 3 aromatic heterocycles. The van der Waals surface area contributed by atoms with Crippen LogP contribution in [0.2, 0.25) is 0 Å². The monoisotopic (exact) mass is 881 g/mol. The Kier molecular flexibility index (Phi) is 11.5. The molecule has 3 heterocycles. The summed E-state index contributed by atoms with van der Waals surface area (Å²) >= 11 is 0. The van der Waals surface area contributed by atoms with Crippen molar-refractivity contribution in [2.24, 2.45) is 0 Å². The molecule has 0 aliphatic heterocycles. The summed E-state index contributed by atoms with van der Waals surface area (Å²) in [7, 11) is 0. The van der Waals surface area contributed by atoms with E-state index in [1.54, 1.807) is 0 Å². The molecule has 0 spiro atoms. The number of benzene rings is 4. The van der Waals surface area contributed by atoms with Gasteiger partial charge < -0.3 is 9.30 Å². The molecule has 7 rings (SSSR count). The molecular weight excluding hydrogens is 832 g/mol. The number of ether oxygens (including phenoxy) is 1. The molecule has 53 heavy (non-hydrogen) atoms. The van der Waals surface area contributed by atoms with Crippen LogP contribution in [0, 0.1) is 32.9 Å². The molecule has 0 aliphatic rings. The van der Waals surface area contributed by atoms with Crippen molar-refractivity contribution in [1.29, 1.82) is 0 Å². The van der Waals surface area contributed by atoms with E-state index in [2.05, 4.69) is 150 Å². The first-order valence-electron chi connectivity index (χ1n) is 18.9. The maximum atomic E-state index is 6.72. The molecule has 274 valence electrons. The fourth-order valence-corrected chi connectivity index (χ4v) is 7.70. The average molecular weight is 882 g/mol. The summed E-state index contributed by atoms with van der Waals surface area (Å²) in [6, 6.07) is 33.2. The summed E-state index contributed by atoms with van der Waals surface area (Å²) < 4.78 is 11.1. The second-order valence-electron chi connectivity index (χ2n) is 14.9. The van der Waals surface area contributed by atoms with Gasteiger partial charge in [-0.25, -0.2) is 4.98 Å². The van der Waals surface area contributed by atoms with Gasteiger partial charge in [-0.05, 0) is 97.0 Å². The molecule has 0 amide bonds. The maximum absolute atomic E-state index is 6.72. The minimum atomic E-state index is 0. The predicted octanol–water partition coefficient (Wildman–Crippen LogP) is 12.5. The van der Waals surface area contributed by atoms with Crippen molar-refractivity contribution in [1.82, 2.24) is 19.3 Å². The Morgan fingerprint density at radius 3 is 2.13 bits per heavy atom. The van der Waals surface area contributed by atoms with E-state index in [0.717, 1.165) is 64.7 Å². The number of aromatic nitrogens is 4. The first kappa shape index (κ1) is 38.3. The number of hydrogen-bond acceptors (Lipinski definition) is 3. The zero-order valence-corrected chi connectivity index (χ0v) is 34.8. The van der Waals surface area contributed by atoms with Gasteiger partial charge in [0.2, 0.25) is 0 Å². The van der Waals surface area contributed by atoms with E-state index in [-0.39, 0.29) is 27.0 Å². The molecule has 5 nitrogen and oxygen atoms in total. The van der Waals surface area contributed by atoms with E-state index in [0.29, 0.717) is 17.4 Å². The summed E-state index contributed by atoms with van der Waals surface area (Å²) in [6.07, 6.45) is 5.77. The Morgan fingerprint density at radius 2 is 1.43 bits per heavy atom. The van der Waals surface area contributed by atoms with Gasteiger partial charge in [-0.15, -0.1) is 41.3 Å². The van der Waals surface area contributed by atoms with Gasteiger partial charge >= 0.3 is 21.1 Å². The van der Waals surface area contributed by atoms with Crippen LogP contribution in [0.1, 0.15) is 105 Å². The Labute approximate surface area is 329 Å². The fourth-order valence-electron chi connectivity index (χ4n) is 7.70. The van der Waals surface area contributed by atoms with Gasteiger partial charge in [0.1, 0.15) is 5.82 Å². The van der Waals surface area contributed by atoms with Gasteiger partial charge in [-0.3, -0.25) is 4.68 Å². The van der Waals surface area contributed by atoms with Gasteiger partial charge in [-0.2, -0.15) is 11.2 Å². The van der Waals surface area contributed by atoms with Crippen LogP contribution in [-0.2, 0) is 33.9 Å². The average Bonchev–Trinajstić information content (AvgIpc) is 3.63. The summed E-state index contributed by atoms with van der Waals surface area (Å²) in [5.41, 5.74) is 14.2. The first-order valence-corrected chi connectivity index (χ1v) is 18.9. The molecule has 0 saturated carbocycles. The van der Waals surface area contributed by atoms with Gasteiger partial charge in [-0.1, -0.05) is 95.8 Å². The smallest absolute Gasteiger partial charge is 0.509 e. The summed E-state index contributed by atoms with van der Waals surface area (Å²) in [5.74, 6) is 2.83. The molecule has 6 heteroatoms. The Hall–Kier alpha value is -4.47. The number of pyridine rings is 1. The third kappa shape index (κ3) is 7.38. The molecular formula is C47H50N4OPt. The van der Waals surface area contributed by atoms with Crippen LogP contribution >= 0.6 is 0 Å². The topological polar surface area (TPSA) is 44.9 Å². The molecule has 0 unspecified atom stereocenters. The van der Waals surface area contributed by atoms with Crippen molar-refractivity contribution in [2.45, 2.75) is 99.8 Å². The number of nitrogens with zero attached hydrogens (tertiary/aromatic N) is 4. The first-order chi connectivity index (χ1) is 25.1. The van der Waals surface area contributed by atoms with Gasteiger partial charge in [0.25, 0.3) is 0 Å². The Balaban J connectivity index is 0.00000481. The Morgan fingerprint density at radius 1 is 0.717 bits per heavy atom. The summed E-state index contributed by atoms with van der Waals surface area (Å²) in [6.45, 7) is 20.0. The Bertz CT molecular complexity index is 2390. The molecule has 0 bridgehead atoms. The number of fused-ring (bicyclic) bond motifs is 3. The molecule has 4 aromatic carbocycles. The number of hydrogen-bond donors (Lipinski definition) is 0. The van der Waals surface area contributed by atoms with Gasteiger partial charge in [0.15, 0.2) is 0 Å². The van der Waals surface area contributed by atoms with Gasteiger partial charge in [0, 0.05) is 34.5 Å². The second-order valence-corrected chi connectivity index (χ2v) is 14.9. The maximum Gasteiger partial charge on any atom is 2.00 e. The van der Waals surface area contributed by atoms with Crippen LogP contribution in [-0.4, -0.2) is 19.3 Å². The molecule has 0 fully saturated rings. The molecule has 0 saturated heterocycles. The summed E-state index contributed by atoms with van der Waals surface area (Å²) in [5, 5.41) is 7.63. The quantitative estimate of drug-likeness (QED) is 0.122. The van der Waals surface area contributed by atoms with Gasteiger partial charge in [0.05, 0.1) is 5.69 Å².